The van der Waals surface area contributed by atoms with Gasteiger partial charge in [-0.25, -0.2) is 0 Å². The zero-order chi connectivity index (χ0) is 19.4. The second-order valence-electron chi connectivity index (χ2n) is 5.97. The molecule has 0 saturated heterocycles. The lowest BCUT2D eigenvalue weighted by atomic mass is 10.2. The van der Waals surface area contributed by atoms with Gasteiger partial charge in [-0.15, -0.1) is 10.2 Å². The van der Waals surface area contributed by atoms with E-state index in [0.717, 1.165) is 39.3 Å². The molecule has 6 nitrogen and oxygen atoms in total. The molecule has 8 heteroatoms. The van der Waals surface area contributed by atoms with Gasteiger partial charge < -0.3 is 14.6 Å². The molecule has 0 atom stereocenters. The Bertz CT molecular complexity index is 932. The largest absolute Gasteiger partial charge is 0.497 e. The van der Waals surface area contributed by atoms with E-state index < -0.39 is 0 Å². The molecule has 2 heterocycles. The molecule has 0 amide bonds. The Hall–Kier alpha value is -2.32. The maximum Gasteiger partial charge on any atom is 0.210 e. The number of carbonyl (C=O) groups is 1. The van der Waals surface area contributed by atoms with Gasteiger partial charge in [0, 0.05) is 29.2 Å². The van der Waals surface area contributed by atoms with Gasteiger partial charge in [-0.1, -0.05) is 23.1 Å². The zero-order valence-corrected chi connectivity index (χ0v) is 17.4. The first-order valence-electron chi connectivity index (χ1n) is 8.59. The smallest absolute Gasteiger partial charge is 0.210 e. The lowest BCUT2D eigenvalue weighted by molar-refractivity contribution is 0.102. The molecular weight excluding hydrogens is 380 g/mol. The average molecular weight is 403 g/mol. The van der Waals surface area contributed by atoms with E-state index in [1.54, 1.807) is 7.11 Å². The lowest BCUT2D eigenvalue weighted by Crippen LogP contribution is -2.05. The molecule has 0 spiro atoms. The van der Waals surface area contributed by atoms with E-state index in [1.165, 1.54) is 23.1 Å². The zero-order valence-electron chi connectivity index (χ0n) is 15.8. The van der Waals surface area contributed by atoms with Gasteiger partial charge in [0.05, 0.1) is 12.9 Å². The van der Waals surface area contributed by atoms with Crippen LogP contribution in [-0.4, -0.2) is 33.4 Å². The Labute approximate surface area is 167 Å². The predicted octanol–water partition coefficient (Wildman–Crippen LogP) is 4.70. The summed E-state index contributed by atoms with van der Waals surface area (Å²) in [6.45, 7) is 6.98. The number of thioether (sulfide) groups is 1. The number of methoxy groups -OCH3 is 1. The fourth-order valence-electron chi connectivity index (χ4n) is 2.89. The van der Waals surface area contributed by atoms with Gasteiger partial charge in [0.1, 0.15) is 5.75 Å². The van der Waals surface area contributed by atoms with E-state index in [4.69, 9.17) is 4.74 Å². The molecule has 0 radical (unpaired) electrons. The number of hydrogen-bond donors (Lipinski definition) is 1. The van der Waals surface area contributed by atoms with Crippen LogP contribution in [0.1, 0.15) is 28.7 Å². The summed E-state index contributed by atoms with van der Waals surface area (Å²) in [6, 6.07) is 9.56. The highest BCUT2D eigenvalue weighted by Crippen LogP contribution is 2.29. The number of hydrogen-bond acceptors (Lipinski definition) is 7. The van der Waals surface area contributed by atoms with Crippen LogP contribution in [-0.2, 0) is 6.54 Å². The Balaban J connectivity index is 1.60. The van der Waals surface area contributed by atoms with E-state index in [-0.39, 0.29) is 5.78 Å². The highest BCUT2D eigenvalue weighted by Gasteiger charge is 2.16. The van der Waals surface area contributed by atoms with Crippen LogP contribution in [0.3, 0.4) is 0 Å². The molecule has 0 aliphatic heterocycles. The monoisotopic (exact) mass is 402 g/mol. The van der Waals surface area contributed by atoms with Crippen LogP contribution in [0.5, 0.6) is 5.75 Å². The molecule has 27 heavy (non-hydrogen) atoms. The minimum Gasteiger partial charge on any atom is -0.497 e. The van der Waals surface area contributed by atoms with Crippen molar-refractivity contribution in [1.29, 1.82) is 0 Å². The first-order valence-corrected chi connectivity index (χ1v) is 10.4. The van der Waals surface area contributed by atoms with Crippen LogP contribution in [0.2, 0.25) is 0 Å². The number of nitrogens with one attached hydrogen (secondary N) is 1. The molecular formula is C19H22N4O2S2. The van der Waals surface area contributed by atoms with Crippen molar-refractivity contribution in [3.8, 4) is 5.75 Å². The van der Waals surface area contributed by atoms with E-state index in [2.05, 4.69) is 27.0 Å². The quantitative estimate of drug-likeness (QED) is 0.435. The summed E-state index contributed by atoms with van der Waals surface area (Å²) >= 11 is 2.85. The van der Waals surface area contributed by atoms with Crippen LogP contribution in [0, 0.1) is 13.8 Å². The average Bonchev–Trinajstić information content (AvgIpc) is 3.24. The third-order valence-electron chi connectivity index (χ3n) is 4.26. The highest BCUT2D eigenvalue weighted by atomic mass is 32.2. The second-order valence-corrected chi connectivity index (χ2v) is 8.17. The number of ether oxygens (including phenoxy) is 1. The SMILES string of the molecule is CCn1c(C)cc(C(=O)CSc2nnc(Nc3ccc(OC)cc3)s2)c1C. The first-order chi connectivity index (χ1) is 13.0. The van der Waals surface area contributed by atoms with Crippen LogP contribution >= 0.6 is 23.1 Å². The van der Waals surface area contributed by atoms with Crippen molar-refractivity contribution in [1.82, 2.24) is 14.8 Å². The molecule has 1 aromatic carbocycles. The lowest BCUT2D eigenvalue weighted by Gasteiger charge is -2.05. The van der Waals surface area contributed by atoms with Crippen molar-refractivity contribution in [3.63, 3.8) is 0 Å². The molecule has 0 aliphatic rings. The van der Waals surface area contributed by atoms with Crippen molar-refractivity contribution in [2.45, 2.75) is 31.7 Å². The normalized spacial score (nSPS) is 10.8. The van der Waals surface area contributed by atoms with E-state index in [1.807, 2.05) is 44.2 Å². The Kier molecular flexibility index (Phi) is 6.18. The third-order valence-corrected chi connectivity index (χ3v) is 6.24. The number of aryl methyl sites for hydroxylation is 1. The third kappa shape index (κ3) is 4.51. The number of anilines is 2. The molecule has 0 saturated carbocycles. The van der Waals surface area contributed by atoms with Gasteiger partial charge >= 0.3 is 0 Å². The molecule has 3 aromatic rings. The standard InChI is InChI=1S/C19H22N4O2S2/c1-5-23-12(2)10-16(13(23)3)17(24)11-26-19-22-21-18(27-19)20-14-6-8-15(25-4)9-7-14/h6-10H,5,11H2,1-4H3,(H,20,21). The fraction of sp³-hybridized carbons (Fsp3) is 0.316. The minimum atomic E-state index is 0.118. The van der Waals surface area contributed by atoms with Crippen molar-refractivity contribution >= 4 is 39.7 Å². The fourth-order valence-corrected chi connectivity index (χ4v) is 4.55. The number of Topliss-reactive ketones (excluding diaryl/α,β-unsaturated/α-hetero) is 1. The predicted molar refractivity (Wildman–Crippen MR) is 111 cm³/mol. The number of carbonyl (C=O) groups excluding carboxylic acids is 1. The van der Waals surface area contributed by atoms with Gasteiger partial charge in [-0.05, 0) is 51.1 Å². The molecule has 142 valence electrons. The first kappa shape index (κ1) is 19.4. The van der Waals surface area contributed by atoms with Crippen molar-refractivity contribution in [2.24, 2.45) is 0 Å². The summed E-state index contributed by atoms with van der Waals surface area (Å²) in [4.78, 5) is 12.6. The molecule has 0 unspecified atom stereocenters. The molecule has 1 N–H and O–H groups in total. The topological polar surface area (TPSA) is 69.0 Å². The van der Waals surface area contributed by atoms with Gasteiger partial charge in [-0.2, -0.15) is 0 Å². The summed E-state index contributed by atoms with van der Waals surface area (Å²) in [5, 5.41) is 12.2. The molecule has 2 aromatic heterocycles. The van der Waals surface area contributed by atoms with Gasteiger partial charge in [0.2, 0.25) is 5.13 Å². The summed E-state index contributed by atoms with van der Waals surface area (Å²) in [5.41, 5.74) is 3.85. The van der Waals surface area contributed by atoms with E-state index >= 15 is 0 Å². The van der Waals surface area contributed by atoms with Gasteiger partial charge in [-0.3, -0.25) is 4.79 Å². The van der Waals surface area contributed by atoms with E-state index in [9.17, 15) is 4.79 Å². The van der Waals surface area contributed by atoms with Crippen molar-refractivity contribution in [3.05, 3.63) is 47.3 Å². The number of benzene rings is 1. The van der Waals surface area contributed by atoms with Crippen molar-refractivity contribution in [2.75, 3.05) is 18.2 Å². The summed E-state index contributed by atoms with van der Waals surface area (Å²) in [7, 11) is 1.64. The Morgan fingerprint density at radius 1 is 1.26 bits per heavy atom. The number of nitrogens with zero attached hydrogens (tertiary/aromatic N) is 3. The summed E-state index contributed by atoms with van der Waals surface area (Å²) in [5.74, 6) is 1.27. The maximum atomic E-state index is 12.6. The van der Waals surface area contributed by atoms with Crippen LogP contribution in [0.25, 0.3) is 0 Å². The van der Waals surface area contributed by atoms with Gasteiger partial charge in [0.15, 0.2) is 10.1 Å². The molecule has 0 aliphatic carbocycles. The maximum absolute atomic E-state index is 12.6. The van der Waals surface area contributed by atoms with Crippen molar-refractivity contribution < 1.29 is 9.53 Å². The molecule has 0 fully saturated rings. The molecule has 3 rings (SSSR count). The van der Waals surface area contributed by atoms with Crippen LogP contribution < -0.4 is 10.1 Å². The Morgan fingerprint density at radius 2 is 2.00 bits per heavy atom. The summed E-state index contributed by atoms with van der Waals surface area (Å²) in [6.07, 6.45) is 0. The summed E-state index contributed by atoms with van der Waals surface area (Å²) < 4.78 is 8.07. The highest BCUT2D eigenvalue weighted by molar-refractivity contribution is 8.01. The number of rotatable bonds is 8. The van der Waals surface area contributed by atoms with Gasteiger partial charge in [0.25, 0.3) is 0 Å². The van der Waals surface area contributed by atoms with Crippen LogP contribution in [0.4, 0.5) is 10.8 Å². The Morgan fingerprint density at radius 3 is 2.63 bits per heavy atom. The second kappa shape index (κ2) is 8.58. The molecule has 0 bridgehead atoms. The number of aromatic nitrogens is 3. The minimum absolute atomic E-state index is 0.118. The van der Waals surface area contributed by atoms with E-state index in [0.29, 0.717) is 10.9 Å². The number of ketones is 1. The van der Waals surface area contributed by atoms with Crippen LogP contribution in [0.15, 0.2) is 34.7 Å².